The largest absolute Gasteiger partial charge is 0.481 e. The first kappa shape index (κ1) is 14.3. The van der Waals surface area contributed by atoms with Crippen LogP contribution in [0.2, 0.25) is 0 Å². The van der Waals surface area contributed by atoms with E-state index in [4.69, 9.17) is 5.11 Å². The van der Waals surface area contributed by atoms with Gasteiger partial charge in [-0.15, -0.1) is 0 Å². The van der Waals surface area contributed by atoms with Gasteiger partial charge >= 0.3 is 5.97 Å². The van der Waals surface area contributed by atoms with Crippen molar-refractivity contribution in [3.63, 3.8) is 0 Å². The molecular formula is C16H24O3. The molecule has 0 radical (unpaired) electrons. The maximum absolute atomic E-state index is 12.1. The van der Waals surface area contributed by atoms with E-state index in [2.05, 4.69) is 6.08 Å². The minimum absolute atomic E-state index is 0.0652. The summed E-state index contributed by atoms with van der Waals surface area (Å²) in [6.07, 6.45) is 13.0. The highest BCUT2D eigenvalue weighted by Crippen LogP contribution is 2.30. The first-order chi connectivity index (χ1) is 9.16. The van der Waals surface area contributed by atoms with Gasteiger partial charge in [0.15, 0.2) is 5.78 Å². The standard InChI is InChI=1S/C16H24O3/c17-15(11-6-12-4-2-1-3-5-12)13-7-9-14(10-8-13)16(18)19/h6,11-14H,1-5,7-10H2,(H,18,19)/b11-6+. The van der Waals surface area contributed by atoms with Crippen LogP contribution in [0.25, 0.3) is 0 Å². The van der Waals surface area contributed by atoms with Crippen molar-refractivity contribution in [3.8, 4) is 0 Å². The smallest absolute Gasteiger partial charge is 0.306 e. The average Bonchev–Trinajstić information content (AvgIpc) is 2.46. The van der Waals surface area contributed by atoms with Gasteiger partial charge in [-0.1, -0.05) is 25.3 Å². The number of carboxylic acid groups (broad SMARTS) is 1. The molecule has 0 aliphatic heterocycles. The van der Waals surface area contributed by atoms with Gasteiger partial charge in [-0.25, -0.2) is 0 Å². The number of carbonyl (C=O) groups excluding carboxylic acids is 1. The number of allylic oxidation sites excluding steroid dienone is 2. The van der Waals surface area contributed by atoms with Crippen molar-refractivity contribution >= 4 is 11.8 Å². The second-order valence-corrected chi connectivity index (χ2v) is 6.05. The van der Waals surface area contributed by atoms with Gasteiger partial charge in [-0.3, -0.25) is 9.59 Å². The zero-order valence-corrected chi connectivity index (χ0v) is 11.5. The maximum atomic E-state index is 12.1. The van der Waals surface area contributed by atoms with Gasteiger partial charge in [0.25, 0.3) is 0 Å². The van der Waals surface area contributed by atoms with Crippen molar-refractivity contribution in [3.05, 3.63) is 12.2 Å². The van der Waals surface area contributed by atoms with E-state index in [-0.39, 0.29) is 17.6 Å². The van der Waals surface area contributed by atoms with E-state index in [0.717, 1.165) is 12.8 Å². The molecule has 19 heavy (non-hydrogen) atoms. The molecule has 1 N–H and O–H groups in total. The van der Waals surface area contributed by atoms with Gasteiger partial charge in [0.1, 0.15) is 0 Å². The predicted octanol–water partition coefficient (Wildman–Crippen LogP) is 3.58. The van der Waals surface area contributed by atoms with Gasteiger partial charge < -0.3 is 5.11 Å². The average molecular weight is 264 g/mol. The SMILES string of the molecule is O=C(O)C1CCC(C(=O)/C=C/C2CCCCC2)CC1. The van der Waals surface area contributed by atoms with Crippen LogP contribution >= 0.6 is 0 Å². The third-order valence-corrected chi connectivity index (χ3v) is 4.66. The molecule has 106 valence electrons. The molecule has 2 saturated carbocycles. The molecular weight excluding hydrogens is 240 g/mol. The number of carboxylic acids is 1. The second kappa shape index (κ2) is 6.88. The lowest BCUT2D eigenvalue weighted by molar-refractivity contribution is -0.143. The van der Waals surface area contributed by atoms with Crippen LogP contribution in [0.4, 0.5) is 0 Å². The van der Waals surface area contributed by atoms with E-state index in [1.54, 1.807) is 6.08 Å². The Hall–Kier alpha value is -1.12. The Balaban J connectivity index is 1.77. The third-order valence-electron chi connectivity index (χ3n) is 4.66. The summed E-state index contributed by atoms with van der Waals surface area (Å²) in [6.45, 7) is 0. The van der Waals surface area contributed by atoms with Crippen molar-refractivity contribution in [1.82, 2.24) is 0 Å². The summed E-state index contributed by atoms with van der Waals surface area (Å²) in [4.78, 5) is 22.9. The number of rotatable bonds is 4. The second-order valence-electron chi connectivity index (χ2n) is 6.05. The van der Waals surface area contributed by atoms with Gasteiger partial charge in [0, 0.05) is 5.92 Å². The Labute approximate surface area is 115 Å². The molecule has 0 spiro atoms. The molecule has 2 rings (SSSR count). The fourth-order valence-electron chi connectivity index (χ4n) is 3.32. The Morgan fingerprint density at radius 3 is 2.00 bits per heavy atom. The Morgan fingerprint density at radius 1 is 0.842 bits per heavy atom. The fourth-order valence-corrected chi connectivity index (χ4v) is 3.32. The molecule has 0 bridgehead atoms. The zero-order valence-electron chi connectivity index (χ0n) is 11.5. The Morgan fingerprint density at radius 2 is 1.42 bits per heavy atom. The summed E-state index contributed by atoms with van der Waals surface area (Å²) >= 11 is 0. The van der Waals surface area contributed by atoms with Crippen LogP contribution in [0.15, 0.2) is 12.2 Å². The minimum atomic E-state index is -0.705. The molecule has 2 aliphatic carbocycles. The lowest BCUT2D eigenvalue weighted by Gasteiger charge is -2.24. The third kappa shape index (κ3) is 4.19. The highest BCUT2D eigenvalue weighted by molar-refractivity contribution is 5.91. The summed E-state index contributed by atoms with van der Waals surface area (Å²) in [6, 6.07) is 0. The van der Waals surface area contributed by atoms with Crippen LogP contribution < -0.4 is 0 Å². The van der Waals surface area contributed by atoms with Gasteiger partial charge in [0.2, 0.25) is 0 Å². The van der Waals surface area contributed by atoms with E-state index < -0.39 is 5.97 Å². The summed E-state index contributed by atoms with van der Waals surface area (Å²) in [5.74, 6) is -0.0621. The van der Waals surface area contributed by atoms with Crippen LogP contribution in [-0.2, 0) is 9.59 Å². The van der Waals surface area contributed by atoms with Gasteiger partial charge in [-0.05, 0) is 50.5 Å². The van der Waals surface area contributed by atoms with Gasteiger partial charge in [-0.2, -0.15) is 0 Å². The van der Waals surface area contributed by atoms with Crippen molar-refractivity contribution < 1.29 is 14.7 Å². The highest BCUT2D eigenvalue weighted by atomic mass is 16.4. The molecule has 0 unspecified atom stereocenters. The van der Waals surface area contributed by atoms with E-state index in [0.29, 0.717) is 18.8 Å². The van der Waals surface area contributed by atoms with Crippen molar-refractivity contribution in [2.45, 2.75) is 57.8 Å². The van der Waals surface area contributed by atoms with Crippen LogP contribution in [0.5, 0.6) is 0 Å². The molecule has 2 aliphatic rings. The van der Waals surface area contributed by atoms with Crippen LogP contribution in [0.1, 0.15) is 57.8 Å². The summed E-state index contributed by atoms with van der Waals surface area (Å²) in [5, 5.41) is 8.94. The molecule has 0 aromatic heterocycles. The molecule has 0 heterocycles. The minimum Gasteiger partial charge on any atom is -0.481 e. The van der Waals surface area contributed by atoms with Crippen molar-refractivity contribution in [2.24, 2.45) is 17.8 Å². The molecule has 3 heteroatoms. The monoisotopic (exact) mass is 264 g/mol. The lowest BCUT2D eigenvalue weighted by atomic mass is 9.79. The lowest BCUT2D eigenvalue weighted by Crippen LogP contribution is -2.25. The van der Waals surface area contributed by atoms with Crippen molar-refractivity contribution in [1.29, 1.82) is 0 Å². The maximum Gasteiger partial charge on any atom is 0.306 e. The number of hydrogen-bond acceptors (Lipinski definition) is 2. The summed E-state index contributed by atoms with van der Waals surface area (Å²) in [7, 11) is 0. The molecule has 0 saturated heterocycles. The molecule has 0 atom stereocenters. The van der Waals surface area contributed by atoms with Crippen LogP contribution in [0.3, 0.4) is 0 Å². The van der Waals surface area contributed by atoms with E-state index in [1.807, 2.05) is 0 Å². The normalized spacial score (nSPS) is 29.5. The van der Waals surface area contributed by atoms with E-state index in [1.165, 1.54) is 32.1 Å². The summed E-state index contributed by atoms with van der Waals surface area (Å²) < 4.78 is 0. The van der Waals surface area contributed by atoms with Crippen molar-refractivity contribution in [2.75, 3.05) is 0 Å². The molecule has 0 aromatic carbocycles. The fraction of sp³-hybridized carbons (Fsp3) is 0.750. The first-order valence-electron chi connectivity index (χ1n) is 7.61. The van der Waals surface area contributed by atoms with Crippen LogP contribution in [0, 0.1) is 17.8 Å². The highest BCUT2D eigenvalue weighted by Gasteiger charge is 2.28. The topological polar surface area (TPSA) is 54.4 Å². The van der Waals surface area contributed by atoms with E-state index >= 15 is 0 Å². The molecule has 2 fully saturated rings. The Kier molecular flexibility index (Phi) is 5.17. The van der Waals surface area contributed by atoms with E-state index in [9.17, 15) is 9.59 Å². The number of hydrogen-bond donors (Lipinski definition) is 1. The van der Waals surface area contributed by atoms with Crippen LogP contribution in [-0.4, -0.2) is 16.9 Å². The van der Waals surface area contributed by atoms with Gasteiger partial charge in [0.05, 0.1) is 5.92 Å². The first-order valence-corrected chi connectivity index (χ1v) is 7.61. The molecule has 0 aromatic rings. The number of ketones is 1. The predicted molar refractivity (Wildman–Crippen MR) is 73.8 cm³/mol. The number of aliphatic carboxylic acids is 1. The quantitative estimate of drug-likeness (QED) is 0.789. The molecule has 3 nitrogen and oxygen atoms in total. The number of carbonyl (C=O) groups is 2. The summed E-state index contributed by atoms with van der Waals surface area (Å²) in [5.41, 5.74) is 0. The molecule has 0 amide bonds. The zero-order chi connectivity index (χ0) is 13.7. The Bertz CT molecular complexity index is 345.